The fourth-order valence-electron chi connectivity index (χ4n) is 8.80. The first-order chi connectivity index (χ1) is 41.8. The van der Waals surface area contributed by atoms with E-state index in [4.69, 9.17) is 28.8 Å². The van der Waals surface area contributed by atoms with Crippen molar-refractivity contribution in [3.05, 3.63) is 162 Å². The Labute approximate surface area is 517 Å². The van der Waals surface area contributed by atoms with Gasteiger partial charge in [-0.15, -0.1) is 0 Å². The van der Waals surface area contributed by atoms with Crippen molar-refractivity contribution in [2.24, 2.45) is 5.92 Å². The van der Waals surface area contributed by atoms with Gasteiger partial charge in [0.05, 0.1) is 38.4 Å². The molecule has 86 heavy (non-hydrogen) atoms. The lowest BCUT2D eigenvalue weighted by molar-refractivity contribution is -0.146. The largest absolute Gasteiger partial charge is 0.491 e. The number of fused-ring (bicyclic) bond motifs is 1. The molecule has 0 aliphatic rings. The summed E-state index contributed by atoms with van der Waals surface area (Å²) < 4.78 is 29.8. The van der Waals surface area contributed by atoms with Crippen molar-refractivity contribution in [1.29, 1.82) is 0 Å². The molecule has 5 rings (SSSR count). The van der Waals surface area contributed by atoms with Crippen molar-refractivity contribution in [3.63, 3.8) is 0 Å². The first kappa shape index (κ1) is 75.5. The summed E-state index contributed by atoms with van der Waals surface area (Å²) in [6.07, 6.45) is 21.7. The van der Waals surface area contributed by atoms with Gasteiger partial charge in [-0.3, -0.25) is 14.4 Å². The van der Waals surface area contributed by atoms with Crippen molar-refractivity contribution in [2.45, 2.75) is 182 Å². The van der Waals surface area contributed by atoms with Gasteiger partial charge in [0.2, 0.25) is 17.7 Å². The van der Waals surface area contributed by atoms with Crippen molar-refractivity contribution in [3.8, 4) is 5.75 Å². The minimum absolute atomic E-state index is 0.0808. The number of amides is 4. The Hall–Kier alpha value is -6.58. The molecule has 0 spiro atoms. The fourth-order valence-corrected chi connectivity index (χ4v) is 8.80. The molecule has 0 radical (unpaired) electrons. The van der Waals surface area contributed by atoms with Crippen LogP contribution in [0.3, 0.4) is 0 Å². The molecule has 0 aliphatic carbocycles. The fraction of sp³-hybridized carbons (Fsp3) is 0.528. The number of allylic oxidation sites excluding steroid dienone is 2. The molecule has 5 aromatic rings. The molecule has 0 saturated carbocycles. The van der Waals surface area contributed by atoms with Gasteiger partial charge >= 0.3 is 6.09 Å². The van der Waals surface area contributed by atoms with Gasteiger partial charge in [0.25, 0.3) is 0 Å². The van der Waals surface area contributed by atoms with Crippen LogP contribution in [0.2, 0.25) is 0 Å². The summed E-state index contributed by atoms with van der Waals surface area (Å²) in [5, 5.41) is 20.2. The minimum atomic E-state index is -0.904. The van der Waals surface area contributed by atoms with Gasteiger partial charge in [-0.2, -0.15) is 0 Å². The molecule has 5 N–H and O–H groups in total. The van der Waals surface area contributed by atoms with E-state index in [1.807, 2.05) is 143 Å². The molecular formula is C72H108N4O10. The number of carbonyl (C=O) groups excluding carboxylic acids is 4. The van der Waals surface area contributed by atoms with Crippen molar-refractivity contribution >= 4 is 34.6 Å². The molecule has 4 amide bonds. The molecule has 5 aromatic carbocycles. The smallest absolute Gasteiger partial charge is 0.407 e. The number of alkyl carbamates (subject to hydrolysis) is 1. The normalized spacial score (nSPS) is 11.7. The summed E-state index contributed by atoms with van der Waals surface area (Å²) in [4.78, 5) is 52.3. The SMILES string of the molecule is CC.CCCCCCCCC/C=C/CCCCCCCOC(=O)NCCOC(OCCNC(=O)CNC(=O)C(Cc1ccccc1)NC(=O)Cc1ccc2ccccc2c1)c1ccc(OCC(C)(C)OCCC(C)C)cc1.CO.Cc1ccccc1. The molecule has 14 heteroatoms. The maximum Gasteiger partial charge on any atom is 0.407 e. The molecule has 2 unspecified atom stereocenters. The lowest BCUT2D eigenvalue weighted by Gasteiger charge is -2.26. The van der Waals surface area contributed by atoms with Crippen LogP contribution < -0.4 is 26.0 Å². The van der Waals surface area contributed by atoms with E-state index < -0.39 is 35.8 Å². The molecule has 0 bridgehead atoms. The number of unbranched alkanes of at least 4 members (excludes halogenated alkanes) is 12. The zero-order chi connectivity index (χ0) is 62.9. The van der Waals surface area contributed by atoms with E-state index in [9.17, 15) is 19.2 Å². The van der Waals surface area contributed by atoms with Gasteiger partial charge in [-0.1, -0.05) is 225 Å². The molecular weight excluding hydrogens is 1080 g/mol. The zero-order valence-corrected chi connectivity index (χ0v) is 53.8. The van der Waals surface area contributed by atoms with Crippen LogP contribution in [0.15, 0.2) is 140 Å². The highest BCUT2D eigenvalue weighted by atomic mass is 16.7. The molecule has 0 heterocycles. The Morgan fingerprint density at radius 2 is 1.16 bits per heavy atom. The van der Waals surface area contributed by atoms with Gasteiger partial charge in [0.15, 0.2) is 6.29 Å². The van der Waals surface area contributed by atoms with Crippen LogP contribution in [0.1, 0.15) is 173 Å². The van der Waals surface area contributed by atoms with E-state index >= 15 is 0 Å². The third kappa shape index (κ3) is 37.1. The molecule has 0 aromatic heterocycles. The van der Waals surface area contributed by atoms with Gasteiger partial charge < -0.3 is 50.1 Å². The lowest BCUT2D eigenvalue weighted by atomic mass is 10.0. The van der Waals surface area contributed by atoms with Crippen LogP contribution in [-0.4, -0.2) is 100 Å². The van der Waals surface area contributed by atoms with Crippen LogP contribution in [0.4, 0.5) is 4.79 Å². The van der Waals surface area contributed by atoms with E-state index in [0.29, 0.717) is 37.1 Å². The van der Waals surface area contributed by atoms with Crippen LogP contribution in [-0.2, 0) is 46.2 Å². The molecule has 0 fully saturated rings. The number of aliphatic hydroxyl groups excluding tert-OH is 1. The Bertz CT molecular complexity index is 2540. The summed E-state index contributed by atoms with van der Waals surface area (Å²) in [7, 11) is 1.00. The second-order valence-corrected chi connectivity index (χ2v) is 22.1. The summed E-state index contributed by atoms with van der Waals surface area (Å²) in [6, 6.07) is 39.9. The van der Waals surface area contributed by atoms with Gasteiger partial charge in [-0.05, 0) is 99.2 Å². The van der Waals surface area contributed by atoms with E-state index in [-0.39, 0.29) is 51.6 Å². The van der Waals surface area contributed by atoms with E-state index in [1.165, 1.54) is 69.8 Å². The average molecular weight is 1190 g/mol. The average Bonchev–Trinajstić information content (AvgIpc) is 3.44. The van der Waals surface area contributed by atoms with Crippen LogP contribution in [0.5, 0.6) is 5.75 Å². The standard InChI is InChI=1S/C62H90N4O9.C7H8.C2H6.CH4O/c1-6-7-8-9-10-11-12-13-14-15-16-17-18-19-20-26-40-73-61(70)64-39-43-72-60(53-33-35-55(36-34-53)74-48-62(4,5)75-41-37-49(2)3)71-42-38-63-58(68)47-65-59(69)56(45-50-27-22-21-23-28-50)66-57(67)46-51-31-32-52-29-24-25-30-54(52)44-51;1-7-5-3-2-4-6-7;2*1-2/h14-15,21-25,27-36,44,49,56,60H,6-13,16-20,26,37-43,45-48H2,1-5H3,(H,63,68)(H,64,70)(H,65,69)(H,66,67);2-6H,1H3;1-2H3;2H,1H3/b15-14+;;;. The topological polar surface area (TPSA) is 183 Å². The Morgan fingerprint density at radius 1 is 0.593 bits per heavy atom. The lowest BCUT2D eigenvalue weighted by Crippen LogP contribution is -2.50. The van der Waals surface area contributed by atoms with Gasteiger partial charge in [0.1, 0.15) is 18.4 Å². The number of carbonyl (C=O) groups is 4. The predicted octanol–water partition coefficient (Wildman–Crippen LogP) is 14.7. The van der Waals surface area contributed by atoms with Crippen LogP contribution in [0.25, 0.3) is 10.8 Å². The maximum absolute atomic E-state index is 13.5. The number of benzene rings is 5. The van der Waals surface area contributed by atoms with Crippen LogP contribution >= 0.6 is 0 Å². The Balaban J connectivity index is 0.00000209. The Morgan fingerprint density at radius 3 is 1.77 bits per heavy atom. The number of hydrogen-bond donors (Lipinski definition) is 5. The highest BCUT2D eigenvalue weighted by molar-refractivity contribution is 5.92. The minimum Gasteiger partial charge on any atom is -0.491 e. The van der Waals surface area contributed by atoms with E-state index in [0.717, 1.165) is 61.1 Å². The molecule has 2 atom stereocenters. The van der Waals surface area contributed by atoms with Crippen LogP contribution in [0, 0.1) is 12.8 Å². The maximum atomic E-state index is 13.5. The molecule has 476 valence electrons. The predicted molar refractivity (Wildman–Crippen MR) is 351 cm³/mol. The summed E-state index contributed by atoms with van der Waals surface area (Å²) in [5.74, 6) is 0.00544. The number of aliphatic hydroxyl groups is 1. The summed E-state index contributed by atoms with van der Waals surface area (Å²) in [6.45, 7) is 18.3. The summed E-state index contributed by atoms with van der Waals surface area (Å²) >= 11 is 0. The first-order valence-corrected chi connectivity index (χ1v) is 31.8. The zero-order valence-electron chi connectivity index (χ0n) is 53.8. The van der Waals surface area contributed by atoms with E-state index in [1.54, 1.807) is 0 Å². The highest BCUT2D eigenvalue weighted by Crippen LogP contribution is 2.24. The number of hydrogen-bond acceptors (Lipinski definition) is 10. The third-order valence-electron chi connectivity index (χ3n) is 13.6. The van der Waals surface area contributed by atoms with Gasteiger partial charge in [-0.25, -0.2) is 4.79 Å². The highest BCUT2D eigenvalue weighted by Gasteiger charge is 2.23. The first-order valence-electron chi connectivity index (χ1n) is 31.8. The quantitative estimate of drug-likeness (QED) is 0.0144. The number of aryl methyl sites for hydroxylation is 1. The number of rotatable bonds is 40. The monoisotopic (exact) mass is 1190 g/mol. The molecule has 14 nitrogen and oxygen atoms in total. The number of nitrogens with one attached hydrogen (secondary N) is 4. The van der Waals surface area contributed by atoms with E-state index in [2.05, 4.69) is 73.2 Å². The van der Waals surface area contributed by atoms with Crippen molar-refractivity contribution in [2.75, 3.05) is 59.8 Å². The van der Waals surface area contributed by atoms with Crippen molar-refractivity contribution < 1.29 is 48.0 Å². The summed E-state index contributed by atoms with van der Waals surface area (Å²) in [5.41, 5.74) is 3.26. The Kier molecular flexibility index (Phi) is 42.6. The van der Waals surface area contributed by atoms with Gasteiger partial charge in [0, 0.05) is 38.8 Å². The third-order valence-corrected chi connectivity index (χ3v) is 13.6. The second kappa shape index (κ2) is 48.5. The number of ether oxygens (including phenoxy) is 5. The molecule has 0 saturated heterocycles. The van der Waals surface area contributed by atoms with Crippen molar-refractivity contribution in [1.82, 2.24) is 21.3 Å². The molecule has 0 aliphatic heterocycles. The second-order valence-electron chi connectivity index (χ2n) is 22.1.